The first kappa shape index (κ1) is 14.5. The van der Waals surface area contributed by atoms with Crippen LogP contribution in [0.1, 0.15) is 17.5 Å². The molecule has 0 saturated carbocycles. The van der Waals surface area contributed by atoms with Crippen molar-refractivity contribution in [3.63, 3.8) is 0 Å². The lowest BCUT2D eigenvalue weighted by molar-refractivity contribution is -0.143. The minimum absolute atomic E-state index is 0.186. The summed E-state index contributed by atoms with van der Waals surface area (Å²) in [5.41, 5.74) is 1.97. The highest BCUT2D eigenvalue weighted by molar-refractivity contribution is 6.31. The molecule has 1 N–H and O–H groups in total. The zero-order valence-corrected chi connectivity index (χ0v) is 11.2. The number of halogens is 1. The maximum absolute atomic E-state index is 11.6. The molecule has 18 heavy (non-hydrogen) atoms. The van der Waals surface area contributed by atoms with Crippen LogP contribution in [0.2, 0.25) is 5.02 Å². The Morgan fingerprint density at radius 1 is 1.39 bits per heavy atom. The lowest BCUT2D eigenvalue weighted by atomic mass is 10.1. The van der Waals surface area contributed by atoms with Crippen LogP contribution in [-0.4, -0.2) is 35.5 Å². The number of hydrogen-bond donors (Lipinski definition) is 1. The van der Waals surface area contributed by atoms with E-state index >= 15 is 0 Å². The van der Waals surface area contributed by atoms with Crippen molar-refractivity contribution in [2.45, 2.75) is 19.8 Å². The molecule has 1 amide bonds. The minimum Gasteiger partial charge on any atom is -0.480 e. The molecule has 98 valence electrons. The topological polar surface area (TPSA) is 57.6 Å². The predicted octanol–water partition coefficient (Wildman–Crippen LogP) is 2.12. The van der Waals surface area contributed by atoms with E-state index in [1.54, 1.807) is 0 Å². The molecule has 0 unspecified atom stereocenters. The van der Waals surface area contributed by atoms with Gasteiger partial charge in [0.2, 0.25) is 5.91 Å². The molecule has 0 bridgehead atoms. The normalized spacial score (nSPS) is 10.2. The molecular weight excluding hydrogens is 254 g/mol. The zero-order chi connectivity index (χ0) is 13.7. The number of carboxylic acids is 1. The summed E-state index contributed by atoms with van der Waals surface area (Å²) in [6.07, 6.45) is 0.839. The number of amides is 1. The lowest BCUT2D eigenvalue weighted by Gasteiger charge is -2.14. The number of hydrogen-bond acceptors (Lipinski definition) is 2. The molecule has 4 nitrogen and oxygen atoms in total. The number of nitrogens with zero attached hydrogens (tertiary/aromatic N) is 1. The molecule has 0 aromatic heterocycles. The van der Waals surface area contributed by atoms with E-state index in [4.69, 9.17) is 16.7 Å². The van der Waals surface area contributed by atoms with Crippen molar-refractivity contribution in [3.05, 3.63) is 34.3 Å². The third-order valence-corrected chi connectivity index (χ3v) is 3.07. The molecule has 0 radical (unpaired) electrons. The Morgan fingerprint density at radius 2 is 2.06 bits per heavy atom. The first-order chi connectivity index (χ1) is 8.40. The monoisotopic (exact) mass is 269 g/mol. The Hall–Kier alpha value is -1.55. The number of aryl methyl sites for hydroxylation is 2. The zero-order valence-electron chi connectivity index (χ0n) is 10.4. The molecule has 0 fully saturated rings. The van der Waals surface area contributed by atoms with Crippen molar-refractivity contribution in [1.29, 1.82) is 0 Å². The fraction of sp³-hybridized carbons (Fsp3) is 0.385. The van der Waals surface area contributed by atoms with E-state index in [0.29, 0.717) is 11.4 Å². The number of likely N-dealkylation sites (N-methyl/N-ethyl adjacent to an activating group) is 1. The van der Waals surface area contributed by atoms with Crippen LogP contribution in [0.15, 0.2) is 18.2 Å². The van der Waals surface area contributed by atoms with Gasteiger partial charge in [-0.2, -0.15) is 0 Å². The molecule has 1 aromatic carbocycles. The molecule has 0 atom stereocenters. The highest BCUT2D eigenvalue weighted by Gasteiger charge is 2.11. The van der Waals surface area contributed by atoms with Gasteiger partial charge in [0, 0.05) is 18.5 Å². The fourth-order valence-electron chi connectivity index (χ4n) is 1.53. The van der Waals surface area contributed by atoms with Gasteiger partial charge in [0.05, 0.1) is 0 Å². The molecule has 0 saturated heterocycles. The summed E-state index contributed by atoms with van der Waals surface area (Å²) in [4.78, 5) is 23.3. The van der Waals surface area contributed by atoms with Crippen LogP contribution in [-0.2, 0) is 16.0 Å². The van der Waals surface area contributed by atoms with Crippen molar-refractivity contribution in [2.24, 2.45) is 0 Å². The van der Waals surface area contributed by atoms with Gasteiger partial charge < -0.3 is 10.0 Å². The van der Waals surface area contributed by atoms with E-state index in [1.165, 1.54) is 11.9 Å². The average Bonchev–Trinajstić information content (AvgIpc) is 2.29. The van der Waals surface area contributed by atoms with Crippen LogP contribution in [0.25, 0.3) is 0 Å². The van der Waals surface area contributed by atoms with Gasteiger partial charge in [-0.05, 0) is 30.5 Å². The van der Waals surface area contributed by atoms with E-state index in [9.17, 15) is 9.59 Å². The van der Waals surface area contributed by atoms with Crippen LogP contribution in [0, 0.1) is 6.92 Å². The summed E-state index contributed by atoms with van der Waals surface area (Å²) < 4.78 is 0. The second kappa shape index (κ2) is 6.40. The molecule has 0 aliphatic carbocycles. The second-order valence-electron chi connectivity index (χ2n) is 4.23. The highest BCUT2D eigenvalue weighted by Crippen LogP contribution is 2.17. The van der Waals surface area contributed by atoms with Gasteiger partial charge in [0.25, 0.3) is 0 Å². The lowest BCUT2D eigenvalue weighted by Crippen LogP contribution is -2.32. The van der Waals surface area contributed by atoms with Gasteiger partial charge in [-0.3, -0.25) is 9.59 Å². The number of benzene rings is 1. The van der Waals surface area contributed by atoms with Crippen LogP contribution in [0.5, 0.6) is 0 Å². The smallest absolute Gasteiger partial charge is 0.323 e. The average molecular weight is 270 g/mol. The molecular formula is C13H16ClNO3. The maximum Gasteiger partial charge on any atom is 0.323 e. The van der Waals surface area contributed by atoms with Crippen molar-refractivity contribution in [1.82, 2.24) is 4.90 Å². The Balaban J connectivity index is 2.52. The number of carbonyl (C=O) groups excluding carboxylic acids is 1. The van der Waals surface area contributed by atoms with Crippen LogP contribution in [0.3, 0.4) is 0 Å². The molecule has 0 heterocycles. The predicted molar refractivity (Wildman–Crippen MR) is 69.8 cm³/mol. The summed E-state index contributed by atoms with van der Waals surface area (Å²) in [5.74, 6) is -1.20. The third kappa shape index (κ3) is 4.37. The Bertz CT molecular complexity index is 460. The van der Waals surface area contributed by atoms with Gasteiger partial charge in [-0.25, -0.2) is 0 Å². The molecule has 1 rings (SSSR count). The van der Waals surface area contributed by atoms with E-state index in [0.717, 1.165) is 11.1 Å². The van der Waals surface area contributed by atoms with Crippen molar-refractivity contribution < 1.29 is 14.7 Å². The third-order valence-electron chi connectivity index (χ3n) is 2.66. The van der Waals surface area contributed by atoms with Gasteiger partial charge in [-0.1, -0.05) is 23.7 Å². The van der Waals surface area contributed by atoms with Crippen LogP contribution in [0.4, 0.5) is 0 Å². The maximum atomic E-state index is 11.6. The van der Waals surface area contributed by atoms with Crippen molar-refractivity contribution in [2.75, 3.05) is 13.6 Å². The molecule has 5 heteroatoms. The molecule has 0 spiro atoms. The first-order valence-corrected chi connectivity index (χ1v) is 5.98. The fourth-order valence-corrected chi connectivity index (χ4v) is 1.73. The van der Waals surface area contributed by atoms with E-state index in [2.05, 4.69) is 0 Å². The van der Waals surface area contributed by atoms with Gasteiger partial charge >= 0.3 is 5.97 Å². The van der Waals surface area contributed by atoms with Gasteiger partial charge in [0.1, 0.15) is 6.54 Å². The SMILES string of the molecule is Cc1ccc(CCC(=O)N(C)CC(=O)O)cc1Cl. The standard InChI is InChI=1S/C13H16ClNO3/c1-9-3-4-10(7-11(9)14)5-6-12(16)15(2)8-13(17)18/h3-4,7H,5-6,8H2,1-2H3,(H,17,18). The minimum atomic E-state index is -1.01. The summed E-state index contributed by atoms with van der Waals surface area (Å²) in [6, 6.07) is 5.66. The highest BCUT2D eigenvalue weighted by atomic mass is 35.5. The second-order valence-corrected chi connectivity index (χ2v) is 4.63. The molecule has 1 aromatic rings. The van der Waals surface area contributed by atoms with Crippen LogP contribution >= 0.6 is 11.6 Å². The Kier molecular flexibility index (Phi) is 5.16. The number of aliphatic carboxylic acids is 1. The van der Waals surface area contributed by atoms with E-state index < -0.39 is 5.97 Å². The number of rotatable bonds is 5. The van der Waals surface area contributed by atoms with Gasteiger partial charge in [0.15, 0.2) is 0 Å². The largest absolute Gasteiger partial charge is 0.480 e. The summed E-state index contributed by atoms with van der Waals surface area (Å²) in [6.45, 7) is 1.64. The van der Waals surface area contributed by atoms with Crippen molar-refractivity contribution in [3.8, 4) is 0 Å². The summed E-state index contributed by atoms with van der Waals surface area (Å²) in [7, 11) is 1.48. The summed E-state index contributed by atoms with van der Waals surface area (Å²) in [5, 5.41) is 9.25. The van der Waals surface area contributed by atoms with E-state index in [1.807, 2.05) is 25.1 Å². The quantitative estimate of drug-likeness (QED) is 0.891. The van der Waals surface area contributed by atoms with E-state index in [-0.39, 0.29) is 18.9 Å². The Morgan fingerprint density at radius 3 is 2.61 bits per heavy atom. The Labute approximate surface area is 111 Å². The number of carboxylic acid groups (broad SMARTS) is 1. The van der Waals surface area contributed by atoms with Crippen LogP contribution < -0.4 is 0 Å². The number of carbonyl (C=O) groups is 2. The molecule has 0 aliphatic rings. The summed E-state index contributed by atoms with van der Waals surface area (Å²) >= 11 is 5.99. The van der Waals surface area contributed by atoms with Gasteiger partial charge in [-0.15, -0.1) is 0 Å². The molecule has 0 aliphatic heterocycles. The first-order valence-electron chi connectivity index (χ1n) is 5.61. The van der Waals surface area contributed by atoms with Crippen molar-refractivity contribution >= 4 is 23.5 Å².